The second kappa shape index (κ2) is 3.71. The highest BCUT2D eigenvalue weighted by Gasteiger charge is 2.10. The number of rotatable bonds is 2. The van der Waals surface area contributed by atoms with E-state index in [4.69, 9.17) is 21.6 Å². The summed E-state index contributed by atoms with van der Waals surface area (Å²) in [6.07, 6.45) is 0. The Balaban J connectivity index is 2.93. The second-order valence-electron chi connectivity index (χ2n) is 2.27. The molecule has 0 radical (unpaired) electrons. The molecule has 0 spiro atoms. The van der Waals surface area contributed by atoms with E-state index in [1.54, 1.807) is 0 Å². The van der Waals surface area contributed by atoms with E-state index < -0.39 is 12.4 Å². The van der Waals surface area contributed by atoms with Crippen molar-refractivity contribution in [1.82, 2.24) is 0 Å². The number of benzene rings is 1. The molecule has 0 heterocycles. The number of halogens is 1. The van der Waals surface area contributed by atoms with Crippen LogP contribution in [0.3, 0.4) is 0 Å². The van der Waals surface area contributed by atoms with Gasteiger partial charge in [0.25, 0.3) is 5.24 Å². The number of carbonyl (C=O) groups is 1. The fourth-order valence-corrected chi connectivity index (χ4v) is 0.912. The second-order valence-corrected chi connectivity index (χ2v) is 2.61. The smallest absolute Gasteiger partial charge is 0.423 e. The van der Waals surface area contributed by atoms with E-state index in [1.807, 2.05) is 0 Å². The Bertz CT molecular complexity index is 283. The topological polar surface area (TPSA) is 57.5 Å². The molecule has 0 aliphatic heterocycles. The van der Waals surface area contributed by atoms with Crippen molar-refractivity contribution in [2.24, 2.45) is 0 Å². The van der Waals surface area contributed by atoms with E-state index in [1.165, 1.54) is 24.3 Å². The van der Waals surface area contributed by atoms with Gasteiger partial charge >= 0.3 is 7.12 Å². The maximum Gasteiger partial charge on any atom is 0.488 e. The van der Waals surface area contributed by atoms with Gasteiger partial charge in [0.1, 0.15) is 0 Å². The first kappa shape index (κ1) is 9.25. The molecule has 1 aromatic rings. The average molecular weight is 184 g/mol. The molecular formula is C7H6BClO3. The van der Waals surface area contributed by atoms with Gasteiger partial charge < -0.3 is 10.0 Å². The summed E-state index contributed by atoms with van der Waals surface area (Å²) in [7, 11) is -1.51. The largest absolute Gasteiger partial charge is 0.488 e. The van der Waals surface area contributed by atoms with E-state index in [0.717, 1.165) is 0 Å². The molecule has 0 atom stereocenters. The number of hydrogen-bond donors (Lipinski definition) is 2. The van der Waals surface area contributed by atoms with Crippen LogP contribution in [-0.4, -0.2) is 22.4 Å². The van der Waals surface area contributed by atoms with Gasteiger partial charge in [-0.3, -0.25) is 4.79 Å². The van der Waals surface area contributed by atoms with E-state index in [-0.39, 0.29) is 0 Å². The molecule has 0 aromatic heterocycles. The van der Waals surface area contributed by atoms with Crippen LogP contribution < -0.4 is 5.46 Å². The average Bonchev–Trinajstić information content (AvgIpc) is 2.04. The van der Waals surface area contributed by atoms with Crippen LogP contribution in [0.15, 0.2) is 24.3 Å². The lowest BCUT2D eigenvalue weighted by atomic mass is 9.80. The van der Waals surface area contributed by atoms with E-state index in [0.29, 0.717) is 11.0 Å². The first-order valence-corrected chi connectivity index (χ1v) is 3.65. The Kier molecular flexibility index (Phi) is 2.86. The summed E-state index contributed by atoms with van der Waals surface area (Å²) in [4.78, 5) is 10.6. The highest BCUT2D eigenvalue weighted by molar-refractivity contribution is 6.67. The standard InChI is InChI=1S/C7H6BClO3/c9-7(10)5-1-3-6(4-2-5)8(11)12/h1-4,11-12H. The van der Waals surface area contributed by atoms with Crippen LogP contribution >= 0.6 is 11.6 Å². The van der Waals surface area contributed by atoms with Gasteiger partial charge in [0.15, 0.2) is 0 Å². The molecule has 62 valence electrons. The molecule has 0 unspecified atom stereocenters. The Labute approximate surface area is 74.7 Å². The molecule has 0 saturated heterocycles. The predicted octanol–water partition coefficient (Wildman–Crippen LogP) is -0.255. The minimum Gasteiger partial charge on any atom is -0.423 e. The maximum absolute atomic E-state index is 10.6. The SMILES string of the molecule is O=C(Cl)c1ccc(B(O)O)cc1. The summed E-state index contributed by atoms with van der Waals surface area (Å²) < 4.78 is 0. The van der Waals surface area contributed by atoms with Crippen molar-refractivity contribution in [3.63, 3.8) is 0 Å². The summed E-state index contributed by atoms with van der Waals surface area (Å²) in [5.74, 6) is 0. The molecule has 0 aliphatic rings. The van der Waals surface area contributed by atoms with Gasteiger partial charge in [-0.2, -0.15) is 0 Å². The lowest BCUT2D eigenvalue weighted by molar-refractivity contribution is 0.108. The molecular weight excluding hydrogens is 178 g/mol. The summed E-state index contributed by atoms with van der Waals surface area (Å²) in [6, 6.07) is 5.73. The summed E-state index contributed by atoms with van der Waals surface area (Å²) in [6.45, 7) is 0. The Hall–Kier alpha value is -0.835. The summed E-state index contributed by atoms with van der Waals surface area (Å²) in [5, 5.41) is 16.8. The van der Waals surface area contributed by atoms with Gasteiger partial charge in [-0.15, -0.1) is 0 Å². The van der Waals surface area contributed by atoms with E-state index >= 15 is 0 Å². The highest BCUT2D eigenvalue weighted by Crippen LogP contribution is 2.01. The zero-order valence-corrected chi connectivity index (χ0v) is 6.82. The Morgan fingerprint density at radius 2 is 1.75 bits per heavy atom. The van der Waals surface area contributed by atoms with Crippen molar-refractivity contribution in [3.05, 3.63) is 29.8 Å². The molecule has 5 heteroatoms. The van der Waals surface area contributed by atoms with Crippen molar-refractivity contribution < 1.29 is 14.8 Å². The van der Waals surface area contributed by atoms with Gasteiger partial charge in [0, 0.05) is 5.56 Å². The maximum atomic E-state index is 10.6. The van der Waals surface area contributed by atoms with Crippen LogP contribution in [0.1, 0.15) is 10.4 Å². The van der Waals surface area contributed by atoms with Crippen LogP contribution in [0, 0.1) is 0 Å². The van der Waals surface area contributed by atoms with Crippen molar-refractivity contribution in [1.29, 1.82) is 0 Å². The summed E-state index contributed by atoms with van der Waals surface area (Å²) >= 11 is 5.17. The molecule has 12 heavy (non-hydrogen) atoms. The molecule has 2 N–H and O–H groups in total. The lowest BCUT2D eigenvalue weighted by Crippen LogP contribution is -2.29. The molecule has 0 fully saturated rings. The third kappa shape index (κ3) is 2.07. The van der Waals surface area contributed by atoms with Crippen LogP contribution in [0.5, 0.6) is 0 Å². The van der Waals surface area contributed by atoms with Gasteiger partial charge in [-0.25, -0.2) is 0 Å². The van der Waals surface area contributed by atoms with Gasteiger partial charge in [0.2, 0.25) is 0 Å². The molecule has 0 amide bonds. The van der Waals surface area contributed by atoms with Crippen LogP contribution in [-0.2, 0) is 0 Å². The van der Waals surface area contributed by atoms with Gasteiger partial charge in [0.05, 0.1) is 0 Å². The first-order valence-electron chi connectivity index (χ1n) is 3.27. The predicted molar refractivity (Wildman–Crippen MR) is 46.5 cm³/mol. The monoisotopic (exact) mass is 184 g/mol. The number of carbonyl (C=O) groups excluding carboxylic acids is 1. The van der Waals surface area contributed by atoms with Gasteiger partial charge in [-0.05, 0) is 17.1 Å². The number of hydrogen-bond acceptors (Lipinski definition) is 3. The zero-order valence-electron chi connectivity index (χ0n) is 6.07. The lowest BCUT2D eigenvalue weighted by Gasteiger charge is -1.98. The fraction of sp³-hybridized carbons (Fsp3) is 0. The molecule has 1 rings (SSSR count). The molecule has 0 bridgehead atoms. The van der Waals surface area contributed by atoms with Crippen molar-refractivity contribution in [2.75, 3.05) is 0 Å². The quantitative estimate of drug-likeness (QED) is 0.492. The van der Waals surface area contributed by atoms with Crippen LogP contribution in [0.2, 0.25) is 0 Å². The van der Waals surface area contributed by atoms with Crippen LogP contribution in [0.4, 0.5) is 0 Å². The minimum atomic E-state index is -1.51. The Morgan fingerprint density at radius 1 is 1.25 bits per heavy atom. The molecule has 0 aliphatic carbocycles. The normalized spacial score (nSPS) is 9.58. The first-order chi connectivity index (χ1) is 5.61. The third-order valence-electron chi connectivity index (χ3n) is 1.44. The van der Waals surface area contributed by atoms with Gasteiger partial charge in [-0.1, -0.05) is 24.3 Å². The highest BCUT2D eigenvalue weighted by atomic mass is 35.5. The fourth-order valence-electron chi connectivity index (χ4n) is 0.786. The molecule has 3 nitrogen and oxygen atoms in total. The van der Waals surface area contributed by atoms with Crippen molar-refractivity contribution in [2.45, 2.75) is 0 Å². The molecule has 1 aromatic carbocycles. The van der Waals surface area contributed by atoms with Crippen LogP contribution in [0.25, 0.3) is 0 Å². The third-order valence-corrected chi connectivity index (χ3v) is 1.65. The van der Waals surface area contributed by atoms with E-state index in [9.17, 15) is 4.79 Å². The Morgan fingerprint density at radius 3 is 2.08 bits per heavy atom. The van der Waals surface area contributed by atoms with Crippen molar-refractivity contribution >= 4 is 29.4 Å². The van der Waals surface area contributed by atoms with Crippen molar-refractivity contribution in [3.8, 4) is 0 Å². The summed E-state index contributed by atoms with van der Waals surface area (Å²) in [5.41, 5.74) is 0.665. The van der Waals surface area contributed by atoms with E-state index in [2.05, 4.69) is 0 Å². The molecule has 0 saturated carbocycles. The minimum absolute atomic E-state index is 0.330. The zero-order chi connectivity index (χ0) is 9.14.